The summed E-state index contributed by atoms with van der Waals surface area (Å²) < 4.78 is 0. The second kappa shape index (κ2) is 7.03. The first-order chi connectivity index (χ1) is 8.86. The molecule has 5 nitrogen and oxygen atoms in total. The molecule has 0 aromatic rings. The largest absolute Gasteiger partial charge is 0.353 e. The van der Waals surface area contributed by atoms with E-state index in [4.69, 9.17) is 5.73 Å². The summed E-state index contributed by atoms with van der Waals surface area (Å²) >= 11 is 0. The van der Waals surface area contributed by atoms with Crippen molar-refractivity contribution in [1.82, 2.24) is 15.1 Å². The first kappa shape index (κ1) is 16.1. The molecule has 1 rings (SSSR count). The molecule has 1 saturated heterocycles. The smallest absolute Gasteiger partial charge is 0.237 e. The summed E-state index contributed by atoms with van der Waals surface area (Å²) in [5.41, 5.74) is 5.71. The fraction of sp³-hybridized carbons (Fsp3) is 0.786. The van der Waals surface area contributed by atoms with E-state index in [1.165, 1.54) is 0 Å². The highest BCUT2D eigenvalue weighted by Gasteiger charge is 2.29. The highest BCUT2D eigenvalue weighted by Crippen LogP contribution is 2.15. The van der Waals surface area contributed by atoms with Crippen molar-refractivity contribution in [2.75, 3.05) is 39.8 Å². The molecule has 0 bridgehead atoms. The van der Waals surface area contributed by atoms with Gasteiger partial charge in [0.25, 0.3) is 0 Å². The first-order valence-electron chi connectivity index (χ1n) is 6.94. The number of likely N-dealkylation sites (N-methyl/N-ethyl adjacent to an activating group) is 1. The summed E-state index contributed by atoms with van der Waals surface area (Å²) in [6, 6.07) is -0.485. The fourth-order valence-electron chi connectivity index (χ4n) is 2.24. The number of hydrogen-bond acceptors (Lipinski definition) is 4. The summed E-state index contributed by atoms with van der Waals surface area (Å²) in [5.74, 6) is -0.0953. The zero-order chi connectivity index (χ0) is 14.5. The van der Waals surface area contributed by atoms with Gasteiger partial charge in [0.15, 0.2) is 0 Å². The molecule has 0 saturated carbocycles. The van der Waals surface area contributed by atoms with Crippen LogP contribution in [0.3, 0.4) is 0 Å². The maximum atomic E-state index is 11.8. The molecule has 0 aromatic heterocycles. The summed E-state index contributed by atoms with van der Waals surface area (Å²) in [7, 11) is 2.14. The molecule has 5 heteroatoms. The Hall–Kier alpha value is -0.910. The minimum absolute atomic E-state index is 0.0369. The molecule has 1 fully saturated rings. The number of piperazine rings is 1. The maximum Gasteiger partial charge on any atom is 0.237 e. The molecular weight excluding hydrogens is 240 g/mol. The predicted octanol–water partition coefficient (Wildman–Crippen LogP) is 0.0320. The Morgan fingerprint density at radius 1 is 1.42 bits per heavy atom. The third-order valence-corrected chi connectivity index (χ3v) is 3.81. The minimum Gasteiger partial charge on any atom is -0.353 e. The number of carbonyl (C=O) groups excluding carboxylic acids is 1. The Kier molecular flexibility index (Phi) is 5.97. The second-order valence-electron chi connectivity index (χ2n) is 5.95. The lowest BCUT2D eigenvalue weighted by Crippen LogP contribution is -2.58. The van der Waals surface area contributed by atoms with E-state index in [1.807, 2.05) is 0 Å². The van der Waals surface area contributed by atoms with Gasteiger partial charge >= 0.3 is 0 Å². The summed E-state index contributed by atoms with van der Waals surface area (Å²) in [6.07, 6.45) is 2.19. The molecule has 0 aromatic carbocycles. The van der Waals surface area contributed by atoms with Crippen molar-refractivity contribution in [2.24, 2.45) is 5.73 Å². The zero-order valence-corrected chi connectivity index (χ0v) is 12.5. The van der Waals surface area contributed by atoms with Gasteiger partial charge in [0, 0.05) is 38.3 Å². The third kappa shape index (κ3) is 4.93. The van der Waals surface area contributed by atoms with Gasteiger partial charge in [-0.15, -0.1) is 6.58 Å². The van der Waals surface area contributed by atoms with Gasteiger partial charge < -0.3 is 16.0 Å². The van der Waals surface area contributed by atoms with Crippen LogP contribution in [0, 0.1) is 0 Å². The topological polar surface area (TPSA) is 61.6 Å². The SMILES string of the molecule is C=CCC(N)C(=O)NCC(C)(C)N1CCN(C)CC1. The van der Waals surface area contributed by atoms with Crippen LogP contribution in [0.25, 0.3) is 0 Å². The van der Waals surface area contributed by atoms with Crippen LogP contribution < -0.4 is 11.1 Å². The summed E-state index contributed by atoms with van der Waals surface area (Å²) in [5, 5.41) is 2.95. The lowest BCUT2D eigenvalue weighted by molar-refractivity contribution is -0.123. The Balaban J connectivity index is 2.41. The quantitative estimate of drug-likeness (QED) is 0.667. The molecule has 0 spiro atoms. The summed E-state index contributed by atoms with van der Waals surface area (Å²) in [6.45, 7) is 12.8. The van der Waals surface area contributed by atoms with Crippen molar-refractivity contribution in [1.29, 1.82) is 0 Å². The Morgan fingerprint density at radius 2 is 2.00 bits per heavy atom. The molecule has 1 atom stereocenters. The lowest BCUT2D eigenvalue weighted by Gasteiger charge is -2.43. The number of nitrogens with one attached hydrogen (secondary N) is 1. The van der Waals surface area contributed by atoms with Crippen molar-refractivity contribution >= 4 is 5.91 Å². The molecule has 1 aliphatic heterocycles. The first-order valence-corrected chi connectivity index (χ1v) is 6.94. The van der Waals surface area contributed by atoms with Crippen LogP contribution in [0.5, 0.6) is 0 Å². The monoisotopic (exact) mass is 268 g/mol. The van der Waals surface area contributed by atoms with Crippen molar-refractivity contribution < 1.29 is 4.79 Å². The number of carbonyl (C=O) groups is 1. The van der Waals surface area contributed by atoms with E-state index in [1.54, 1.807) is 6.08 Å². The molecule has 1 unspecified atom stereocenters. The lowest BCUT2D eigenvalue weighted by atomic mass is 10.0. The van der Waals surface area contributed by atoms with Gasteiger partial charge in [0.1, 0.15) is 0 Å². The normalized spacial score (nSPS) is 20.0. The zero-order valence-electron chi connectivity index (χ0n) is 12.5. The van der Waals surface area contributed by atoms with E-state index < -0.39 is 6.04 Å². The van der Waals surface area contributed by atoms with E-state index >= 15 is 0 Å². The average molecular weight is 268 g/mol. The van der Waals surface area contributed by atoms with Gasteiger partial charge in [-0.3, -0.25) is 9.69 Å². The fourth-order valence-corrected chi connectivity index (χ4v) is 2.24. The van der Waals surface area contributed by atoms with Crippen molar-refractivity contribution in [2.45, 2.75) is 31.8 Å². The minimum atomic E-state index is -0.485. The highest BCUT2D eigenvalue weighted by molar-refractivity contribution is 5.81. The summed E-state index contributed by atoms with van der Waals surface area (Å²) in [4.78, 5) is 16.6. The molecule has 1 heterocycles. The molecule has 19 heavy (non-hydrogen) atoms. The van der Waals surface area contributed by atoms with E-state index in [0.29, 0.717) is 13.0 Å². The standard InChI is InChI=1S/C14H28N4O/c1-5-6-12(15)13(19)16-11-14(2,3)18-9-7-17(4)8-10-18/h5,12H,1,6-11,15H2,2-4H3,(H,16,19). The molecule has 1 amide bonds. The van der Waals surface area contributed by atoms with Crippen LogP contribution in [0.4, 0.5) is 0 Å². The molecule has 1 aliphatic rings. The van der Waals surface area contributed by atoms with Gasteiger partial charge in [-0.05, 0) is 27.3 Å². The number of rotatable bonds is 6. The molecule has 0 radical (unpaired) electrons. The Labute approximate surface area is 116 Å². The van der Waals surface area contributed by atoms with E-state index in [9.17, 15) is 4.79 Å². The van der Waals surface area contributed by atoms with Gasteiger partial charge in [-0.1, -0.05) is 6.08 Å². The number of hydrogen-bond donors (Lipinski definition) is 2. The number of nitrogens with two attached hydrogens (primary N) is 1. The maximum absolute atomic E-state index is 11.8. The van der Waals surface area contributed by atoms with Crippen LogP contribution in [0.2, 0.25) is 0 Å². The van der Waals surface area contributed by atoms with Crippen molar-refractivity contribution in [3.05, 3.63) is 12.7 Å². The highest BCUT2D eigenvalue weighted by atomic mass is 16.2. The Bertz CT molecular complexity index is 309. The van der Waals surface area contributed by atoms with E-state index in [-0.39, 0.29) is 11.4 Å². The van der Waals surface area contributed by atoms with E-state index in [2.05, 4.69) is 42.6 Å². The number of amides is 1. The molecule has 110 valence electrons. The second-order valence-corrected chi connectivity index (χ2v) is 5.95. The molecular formula is C14H28N4O. The van der Waals surface area contributed by atoms with Crippen LogP contribution >= 0.6 is 0 Å². The predicted molar refractivity (Wildman–Crippen MR) is 78.9 cm³/mol. The number of nitrogens with zero attached hydrogens (tertiary/aromatic N) is 2. The van der Waals surface area contributed by atoms with Crippen LogP contribution in [-0.4, -0.2) is 67.1 Å². The van der Waals surface area contributed by atoms with Crippen LogP contribution in [0.15, 0.2) is 12.7 Å². The van der Waals surface area contributed by atoms with Crippen LogP contribution in [-0.2, 0) is 4.79 Å². The molecule has 3 N–H and O–H groups in total. The molecule has 0 aliphatic carbocycles. The van der Waals surface area contributed by atoms with Gasteiger partial charge in [-0.2, -0.15) is 0 Å². The Morgan fingerprint density at radius 3 is 2.53 bits per heavy atom. The van der Waals surface area contributed by atoms with Crippen molar-refractivity contribution in [3.8, 4) is 0 Å². The van der Waals surface area contributed by atoms with Gasteiger partial charge in [-0.25, -0.2) is 0 Å². The van der Waals surface area contributed by atoms with Crippen LogP contribution in [0.1, 0.15) is 20.3 Å². The van der Waals surface area contributed by atoms with E-state index in [0.717, 1.165) is 26.2 Å². The van der Waals surface area contributed by atoms with Gasteiger partial charge in [0.2, 0.25) is 5.91 Å². The third-order valence-electron chi connectivity index (χ3n) is 3.81. The average Bonchev–Trinajstić information content (AvgIpc) is 2.37. The van der Waals surface area contributed by atoms with Crippen molar-refractivity contribution in [3.63, 3.8) is 0 Å². The van der Waals surface area contributed by atoms with Gasteiger partial charge in [0.05, 0.1) is 6.04 Å².